The Labute approximate surface area is 62.4 Å². The minimum absolute atomic E-state index is 0.105. The van der Waals surface area contributed by atoms with Crippen molar-refractivity contribution in [3.8, 4) is 0 Å². The van der Waals surface area contributed by atoms with Gasteiger partial charge in [-0.1, -0.05) is 13.8 Å². The fourth-order valence-electron chi connectivity index (χ4n) is 1.49. The normalized spacial score (nSPS) is 24.9. The summed E-state index contributed by atoms with van der Waals surface area (Å²) in [6, 6.07) is 0. The third-order valence-electron chi connectivity index (χ3n) is 2.56. The van der Waals surface area contributed by atoms with Crippen molar-refractivity contribution in [3.63, 3.8) is 0 Å². The molecule has 0 aromatic rings. The summed E-state index contributed by atoms with van der Waals surface area (Å²) in [5.41, 5.74) is 5.65. The summed E-state index contributed by atoms with van der Waals surface area (Å²) in [5.74, 6) is 0.353. The Kier molecular flexibility index (Phi) is 2.02. The number of hydrogen-bond donors (Lipinski definition) is 2. The first-order valence-corrected chi connectivity index (χ1v) is 4.00. The van der Waals surface area contributed by atoms with Gasteiger partial charge in [-0.15, -0.1) is 0 Å². The zero-order chi connectivity index (χ0) is 7.78. The van der Waals surface area contributed by atoms with Crippen LogP contribution in [0.3, 0.4) is 0 Å². The highest BCUT2D eigenvalue weighted by Crippen LogP contribution is 2.49. The Bertz CT molecular complexity index is 118. The Morgan fingerprint density at radius 1 is 1.50 bits per heavy atom. The van der Waals surface area contributed by atoms with E-state index in [2.05, 4.69) is 0 Å². The maximum absolute atomic E-state index is 9.64. The van der Waals surface area contributed by atoms with Crippen molar-refractivity contribution in [2.24, 2.45) is 17.1 Å². The van der Waals surface area contributed by atoms with E-state index < -0.39 is 0 Å². The molecule has 10 heavy (non-hydrogen) atoms. The SMILES string of the molecule is CC(C)[C@@H](O)C1(CN)CC1. The van der Waals surface area contributed by atoms with E-state index in [9.17, 15) is 5.11 Å². The molecule has 0 unspecified atom stereocenters. The summed E-state index contributed by atoms with van der Waals surface area (Å²) in [5, 5.41) is 9.64. The number of nitrogens with two attached hydrogens (primary N) is 1. The van der Waals surface area contributed by atoms with Crippen LogP contribution in [0.2, 0.25) is 0 Å². The smallest absolute Gasteiger partial charge is 0.0631 e. The first-order chi connectivity index (χ1) is 4.62. The van der Waals surface area contributed by atoms with E-state index in [1.807, 2.05) is 13.8 Å². The van der Waals surface area contributed by atoms with Gasteiger partial charge in [-0.2, -0.15) is 0 Å². The zero-order valence-corrected chi connectivity index (χ0v) is 6.80. The second kappa shape index (κ2) is 2.51. The molecule has 1 fully saturated rings. The monoisotopic (exact) mass is 143 g/mol. The van der Waals surface area contributed by atoms with Crippen molar-refractivity contribution in [2.45, 2.75) is 32.8 Å². The predicted octanol–water partition coefficient (Wildman–Crippen LogP) is 0.742. The van der Waals surface area contributed by atoms with Crippen LogP contribution in [0.5, 0.6) is 0 Å². The lowest BCUT2D eigenvalue weighted by atomic mass is 9.91. The number of aliphatic hydroxyl groups excluding tert-OH is 1. The van der Waals surface area contributed by atoms with Crippen LogP contribution in [0.1, 0.15) is 26.7 Å². The van der Waals surface area contributed by atoms with Crippen molar-refractivity contribution in [2.75, 3.05) is 6.54 Å². The lowest BCUT2D eigenvalue weighted by molar-refractivity contribution is 0.0547. The highest BCUT2D eigenvalue weighted by atomic mass is 16.3. The summed E-state index contributed by atoms with van der Waals surface area (Å²) >= 11 is 0. The van der Waals surface area contributed by atoms with Gasteiger partial charge in [0.15, 0.2) is 0 Å². The van der Waals surface area contributed by atoms with E-state index in [1.165, 1.54) is 0 Å². The van der Waals surface area contributed by atoms with Crippen LogP contribution in [0.25, 0.3) is 0 Å². The van der Waals surface area contributed by atoms with Gasteiger partial charge in [0.1, 0.15) is 0 Å². The van der Waals surface area contributed by atoms with Crippen LogP contribution >= 0.6 is 0 Å². The van der Waals surface area contributed by atoms with Crippen molar-refractivity contribution >= 4 is 0 Å². The molecule has 2 heteroatoms. The van der Waals surface area contributed by atoms with Crippen LogP contribution < -0.4 is 5.73 Å². The first-order valence-electron chi connectivity index (χ1n) is 4.00. The molecule has 0 saturated heterocycles. The topological polar surface area (TPSA) is 46.2 Å². The highest BCUT2D eigenvalue weighted by Gasteiger charge is 2.48. The summed E-state index contributed by atoms with van der Waals surface area (Å²) in [6.45, 7) is 4.73. The van der Waals surface area contributed by atoms with Gasteiger partial charge in [0.05, 0.1) is 6.10 Å². The fourth-order valence-corrected chi connectivity index (χ4v) is 1.49. The van der Waals surface area contributed by atoms with Gasteiger partial charge >= 0.3 is 0 Å². The van der Waals surface area contributed by atoms with E-state index in [1.54, 1.807) is 0 Å². The minimum atomic E-state index is -0.183. The molecule has 0 aliphatic heterocycles. The molecule has 0 spiro atoms. The van der Waals surface area contributed by atoms with E-state index in [4.69, 9.17) is 5.73 Å². The molecule has 0 bridgehead atoms. The van der Waals surface area contributed by atoms with Crippen molar-refractivity contribution < 1.29 is 5.11 Å². The van der Waals surface area contributed by atoms with Gasteiger partial charge in [0.25, 0.3) is 0 Å². The second-order valence-corrected chi connectivity index (χ2v) is 3.76. The van der Waals surface area contributed by atoms with Crippen molar-refractivity contribution in [3.05, 3.63) is 0 Å². The predicted molar refractivity (Wildman–Crippen MR) is 41.6 cm³/mol. The molecule has 0 amide bonds. The molecule has 1 aliphatic carbocycles. The largest absolute Gasteiger partial charge is 0.392 e. The van der Waals surface area contributed by atoms with E-state index in [0.29, 0.717) is 12.5 Å². The zero-order valence-electron chi connectivity index (χ0n) is 6.80. The number of aliphatic hydroxyl groups is 1. The molecule has 1 rings (SSSR count). The molecule has 3 N–H and O–H groups in total. The molecule has 0 aromatic heterocycles. The molecule has 0 aromatic carbocycles. The van der Waals surface area contributed by atoms with E-state index in [0.717, 1.165) is 12.8 Å². The maximum Gasteiger partial charge on any atom is 0.0631 e. The average molecular weight is 143 g/mol. The van der Waals surface area contributed by atoms with Gasteiger partial charge in [-0.25, -0.2) is 0 Å². The van der Waals surface area contributed by atoms with Crippen LogP contribution in [-0.2, 0) is 0 Å². The van der Waals surface area contributed by atoms with Crippen LogP contribution in [-0.4, -0.2) is 17.8 Å². The molecule has 1 saturated carbocycles. The maximum atomic E-state index is 9.64. The summed E-state index contributed by atoms with van der Waals surface area (Å²) < 4.78 is 0. The van der Waals surface area contributed by atoms with E-state index in [-0.39, 0.29) is 11.5 Å². The standard InChI is InChI=1S/C8H17NO/c1-6(2)7(10)8(5-9)3-4-8/h6-7,10H,3-5,9H2,1-2H3/t7-/m1/s1. The van der Waals surface area contributed by atoms with Gasteiger partial charge in [0.2, 0.25) is 0 Å². The third-order valence-corrected chi connectivity index (χ3v) is 2.56. The quantitative estimate of drug-likeness (QED) is 0.612. The van der Waals surface area contributed by atoms with Crippen molar-refractivity contribution in [1.29, 1.82) is 0 Å². The van der Waals surface area contributed by atoms with Crippen molar-refractivity contribution in [1.82, 2.24) is 0 Å². The molecule has 0 radical (unpaired) electrons. The van der Waals surface area contributed by atoms with Gasteiger partial charge < -0.3 is 10.8 Å². The van der Waals surface area contributed by atoms with Crippen LogP contribution in [0.15, 0.2) is 0 Å². The molecule has 60 valence electrons. The fraction of sp³-hybridized carbons (Fsp3) is 1.00. The summed E-state index contributed by atoms with van der Waals surface area (Å²) in [6.07, 6.45) is 2.04. The number of rotatable bonds is 3. The molecule has 2 nitrogen and oxygen atoms in total. The van der Waals surface area contributed by atoms with Gasteiger partial charge in [-0.05, 0) is 18.8 Å². The highest BCUT2D eigenvalue weighted by molar-refractivity contribution is 5.00. The molecule has 1 atom stereocenters. The minimum Gasteiger partial charge on any atom is -0.392 e. The van der Waals surface area contributed by atoms with Gasteiger partial charge in [0, 0.05) is 12.0 Å². The average Bonchev–Trinajstić information content (AvgIpc) is 2.66. The third kappa shape index (κ3) is 1.18. The number of hydrogen-bond acceptors (Lipinski definition) is 2. The molecule has 0 heterocycles. The Morgan fingerprint density at radius 2 is 2.00 bits per heavy atom. The van der Waals surface area contributed by atoms with Crippen LogP contribution in [0, 0.1) is 11.3 Å². The first kappa shape index (κ1) is 8.02. The summed E-state index contributed by atoms with van der Waals surface area (Å²) in [4.78, 5) is 0. The van der Waals surface area contributed by atoms with Crippen LogP contribution in [0.4, 0.5) is 0 Å². The molecular formula is C8H17NO. The van der Waals surface area contributed by atoms with E-state index >= 15 is 0 Å². The molecule has 1 aliphatic rings. The second-order valence-electron chi connectivity index (χ2n) is 3.76. The lowest BCUT2D eigenvalue weighted by Crippen LogP contribution is -2.33. The Hall–Kier alpha value is -0.0800. The lowest BCUT2D eigenvalue weighted by Gasteiger charge is -2.23. The summed E-state index contributed by atoms with van der Waals surface area (Å²) in [7, 11) is 0. The molecular weight excluding hydrogens is 126 g/mol. The Morgan fingerprint density at radius 3 is 2.10 bits per heavy atom. The Balaban J connectivity index is 2.47. The van der Waals surface area contributed by atoms with Gasteiger partial charge in [-0.3, -0.25) is 0 Å².